The number of benzene rings is 2. The largest absolute Gasteiger partial charge is 0.245 e. The molecule has 2 aromatic carbocycles. The van der Waals surface area contributed by atoms with Crippen LogP contribution in [0.15, 0.2) is 58.3 Å². The number of halogens is 1. The van der Waals surface area contributed by atoms with Gasteiger partial charge in [0, 0.05) is 23.7 Å². The van der Waals surface area contributed by atoms with Crippen molar-refractivity contribution in [3.8, 4) is 0 Å². The zero-order valence-electron chi connectivity index (χ0n) is 13.2. The highest BCUT2D eigenvalue weighted by Gasteiger charge is 2.25. The smallest absolute Gasteiger partial charge is 0.207 e. The molecule has 2 aromatic rings. The minimum Gasteiger partial charge on any atom is -0.207 e. The summed E-state index contributed by atoms with van der Waals surface area (Å²) in [7, 11) is -3.77. The van der Waals surface area contributed by atoms with Gasteiger partial charge in [-0.2, -0.15) is 4.31 Å². The molecule has 0 saturated heterocycles. The molecular formula is C17H20FNO2S2. The second-order valence-electron chi connectivity index (χ2n) is 4.96. The standard InChI is InChI=1S/C17H20FNO2S2/c1-3-19(4-2)23(20,21)17-11-10-15(12-16(17)18)22-13-14-8-6-5-7-9-14/h5-12H,3-4,13H2,1-2H3. The van der Waals surface area contributed by atoms with E-state index in [2.05, 4.69) is 0 Å². The lowest BCUT2D eigenvalue weighted by Crippen LogP contribution is -2.31. The first-order valence-corrected chi connectivity index (χ1v) is 9.88. The zero-order chi connectivity index (χ0) is 16.9. The molecule has 0 heterocycles. The quantitative estimate of drug-likeness (QED) is 0.702. The summed E-state index contributed by atoms with van der Waals surface area (Å²) in [6.07, 6.45) is 0. The van der Waals surface area contributed by atoms with Gasteiger partial charge in [0.2, 0.25) is 10.0 Å². The molecule has 23 heavy (non-hydrogen) atoms. The molecule has 3 nitrogen and oxygen atoms in total. The molecule has 0 N–H and O–H groups in total. The summed E-state index contributed by atoms with van der Waals surface area (Å²) in [5.41, 5.74) is 1.14. The molecule has 0 fully saturated rings. The van der Waals surface area contributed by atoms with E-state index >= 15 is 0 Å². The molecule has 0 aliphatic rings. The van der Waals surface area contributed by atoms with Gasteiger partial charge in [0.25, 0.3) is 0 Å². The van der Waals surface area contributed by atoms with E-state index in [1.165, 1.54) is 28.2 Å². The second-order valence-corrected chi connectivity index (χ2v) is 7.91. The van der Waals surface area contributed by atoms with Crippen LogP contribution in [0, 0.1) is 5.82 Å². The SMILES string of the molecule is CCN(CC)S(=O)(=O)c1ccc(SCc2ccccc2)cc1F. The molecule has 2 rings (SSSR count). The van der Waals surface area contributed by atoms with Crippen LogP contribution < -0.4 is 0 Å². The number of sulfonamides is 1. The normalized spacial score (nSPS) is 11.8. The van der Waals surface area contributed by atoms with E-state index in [1.807, 2.05) is 30.3 Å². The number of hydrogen-bond donors (Lipinski definition) is 0. The van der Waals surface area contributed by atoms with Crippen molar-refractivity contribution < 1.29 is 12.8 Å². The van der Waals surface area contributed by atoms with Crippen molar-refractivity contribution in [1.82, 2.24) is 4.31 Å². The summed E-state index contributed by atoms with van der Waals surface area (Å²) in [4.78, 5) is 0.454. The summed E-state index contributed by atoms with van der Waals surface area (Å²) in [5.74, 6) is 0.0116. The molecule has 0 aliphatic carbocycles. The molecule has 124 valence electrons. The fourth-order valence-corrected chi connectivity index (χ4v) is 4.60. The van der Waals surface area contributed by atoms with Gasteiger partial charge in [-0.1, -0.05) is 44.2 Å². The van der Waals surface area contributed by atoms with Gasteiger partial charge in [-0.25, -0.2) is 12.8 Å². The fourth-order valence-electron chi connectivity index (χ4n) is 2.22. The lowest BCUT2D eigenvalue weighted by Gasteiger charge is -2.19. The van der Waals surface area contributed by atoms with E-state index in [9.17, 15) is 12.8 Å². The third kappa shape index (κ3) is 4.34. The first-order chi connectivity index (χ1) is 11.0. The summed E-state index contributed by atoms with van der Waals surface area (Å²) >= 11 is 1.48. The Morgan fingerprint density at radius 2 is 1.70 bits per heavy atom. The average molecular weight is 353 g/mol. The topological polar surface area (TPSA) is 37.4 Å². The van der Waals surface area contributed by atoms with Gasteiger partial charge >= 0.3 is 0 Å². The van der Waals surface area contributed by atoms with Crippen molar-refractivity contribution in [2.24, 2.45) is 0 Å². The Kier molecular flexibility index (Phi) is 6.21. The predicted octanol–water partition coefficient (Wildman–Crippen LogP) is 4.15. The van der Waals surface area contributed by atoms with Crippen molar-refractivity contribution in [3.05, 3.63) is 59.9 Å². The van der Waals surface area contributed by atoms with Gasteiger partial charge in [-0.05, 0) is 23.8 Å². The fraction of sp³-hybridized carbons (Fsp3) is 0.294. The third-order valence-corrected chi connectivity index (χ3v) is 6.62. The van der Waals surface area contributed by atoms with E-state index < -0.39 is 15.8 Å². The Hall–Kier alpha value is -1.37. The first-order valence-electron chi connectivity index (χ1n) is 7.45. The van der Waals surface area contributed by atoms with Gasteiger partial charge in [-0.3, -0.25) is 0 Å². The lowest BCUT2D eigenvalue weighted by molar-refractivity contribution is 0.439. The molecule has 0 radical (unpaired) electrons. The molecule has 0 aromatic heterocycles. The van der Waals surface area contributed by atoms with Crippen molar-refractivity contribution in [3.63, 3.8) is 0 Å². The van der Waals surface area contributed by atoms with Gasteiger partial charge in [0.05, 0.1) is 0 Å². The van der Waals surface area contributed by atoms with E-state index in [1.54, 1.807) is 19.9 Å². The molecule has 0 aliphatic heterocycles. The molecule has 0 saturated carbocycles. The number of hydrogen-bond acceptors (Lipinski definition) is 3. The van der Waals surface area contributed by atoms with Gasteiger partial charge in [0.15, 0.2) is 0 Å². The van der Waals surface area contributed by atoms with Crippen LogP contribution in [0.25, 0.3) is 0 Å². The molecule has 0 amide bonds. The van der Waals surface area contributed by atoms with Crippen molar-refractivity contribution >= 4 is 21.8 Å². The van der Waals surface area contributed by atoms with Crippen molar-refractivity contribution in [1.29, 1.82) is 0 Å². The molecule has 0 unspecified atom stereocenters. The summed E-state index contributed by atoms with van der Waals surface area (Å²) in [6, 6.07) is 14.2. The van der Waals surface area contributed by atoms with Crippen LogP contribution in [0.3, 0.4) is 0 Å². The van der Waals surface area contributed by atoms with Crippen LogP contribution in [0.1, 0.15) is 19.4 Å². The van der Waals surface area contributed by atoms with Gasteiger partial charge in [-0.15, -0.1) is 11.8 Å². The van der Waals surface area contributed by atoms with Crippen LogP contribution in [0.5, 0.6) is 0 Å². The van der Waals surface area contributed by atoms with Crippen molar-refractivity contribution in [2.75, 3.05) is 13.1 Å². The van der Waals surface area contributed by atoms with E-state index in [4.69, 9.17) is 0 Å². The van der Waals surface area contributed by atoms with Crippen LogP contribution >= 0.6 is 11.8 Å². The van der Waals surface area contributed by atoms with Crippen LogP contribution in [-0.4, -0.2) is 25.8 Å². The zero-order valence-corrected chi connectivity index (χ0v) is 14.8. The third-order valence-electron chi connectivity index (χ3n) is 3.47. The maximum atomic E-state index is 14.3. The van der Waals surface area contributed by atoms with Gasteiger partial charge < -0.3 is 0 Å². The minimum atomic E-state index is -3.77. The van der Waals surface area contributed by atoms with E-state index in [-0.39, 0.29) is 4.90 Å². The van der Waals surface area contributed by atoms with Gasteiger partial charge in [0.1, 0.15) is 10.7 Å². The summed E-state index contributed by atoms with van der Waals surface area (Å²) in [6.45, 7) is 4.12. The number of rotatable bonds is 7. The Morgan fingerprint density at radius 1 is 1.04 bits per heavy atom. The molecule has 0 spiro atoms. The highest BCUT2D eigenvalue weighted by Crippen LogP contribution is 2.27. The summed E-state index contributed by atoms with van der Waals surface area (Å²) in [5, 5.41) is 0. The minimum absolute atomic E-state index is 0.259. The average Bonchev–Trinajstić information content (AvgIpc) is 2.54. The molecular weight excluding hydrogens is 333 g/mol. The second kappa shape index (κ2) is 7.95. The Balaban J connectivity index is 2.18. The van der Waals surface area contributed by atoms with Crippen LogP contribution in [0.4, 0.5) is 4.39 Å². The van der Waals surface area contributed by atoms with E-state index in [0.29, 0.717) is 23.7 Å². The molecule has 0 bridgehead atoms. The van der Waals surface area contributed by atoms with Crippen LogP contribution in [0.2, 0.25) is 0 Å². The maximum absolute atomic E-state index is 14.3. The van der Waals surface area contributed by atoms with Crippen LogP contribution in [-0.2, 0) is 15.8 Å². The predicted molar refractivity (Wildman–Crippen MR) is 92.5 cm³/mol. The highest BCUT2D eigenvalue weighted by atomic mass is 32.2. The Labute approximate surface area is 141 Å². The molecule has 0 atom stereocenters. The number of thioether (sulfide) groups is 1. The maximum Gasteiger partial charge on any atom is 0.245 e. The van der Waals surface area contributed by atoms with E-state index in [0.717, 1.165) is 5.56 Å². The lowest BCUT2D eigenvalue weighted by atomic mass is 10.2. The first kappa shape index (κ1) is 18.0. The summed E-state index contributed by atoms with van der Waals surface area (Å²) < 4.78 is 40.3. The monoisotopic (exact) mass is 353 g/mol. The Morgan fingerprint density at radius 3 is 2.26 bits per heavy atom. The Bertz CT molecular complexity index is 744. The van der Waals surface area contributed by atoms with Crippen molar-refractivity contribution in [2.45, 2.75) is 29.4 Å². The highest BCUT2D eigenvalue weighted by molar-refractivity contribution is 7.98. The molecule has 6 heteroatoms. The number of nitrogens with zero attached hydrogens (tertiary/aromatic N) is 1.